The first-order valence-corrected chi connectivity index (χ1v) is 6.66. The Balaban J connectivity index is 1.76. The van der Waals surface area contributed by atoms with Gasteiger partial charge in [0.05, 0.1) is 0 Å². The standard InChI is InChI=1S/C15H21NO3/c1-11-4-6-13(7-5-11)18-9-8-16(3)14-10-12(2)19-15(14)17/h4-7,12,14H,8-10H2,1-3H3. The van der Waals surface area contributed by atoms with Crippen molar-refractivity contribution >= 4 is 5.97 Å². The summed E-state index contributed by atoms with van der Waals surface area (Å²) in [6.45, 7) is 5.25. The number of hydrogen-bond donors (Lipinski definition) is 0. The maximum absolute atomic E-state index is 11.6. The molecule has 1 aliphatic rings. The summed E-state index contributed by atoms with van der Waals surface area (Å²) < 4.78 is 10.8. The van der Waals surface area contributed by atoms with Crippen LogP contribution in [-0.4, -0.2) is 43.2 Å². The number of aryl methyl sites for hydroxylation is 1. The minimum atomic E-state index is -0.128. The number of nitrogens with zero attached hydrogens (tertiary/aromatic N) is 1. The van der Waals surface area contributed by atoms with Crippen LogP contribution in [0, 0.1) is 6.92 Å². The molecule has 0 saturated carbocycles. The largest absolute Gasteiger partial charge is 0.492 e. The SMILES string of the molecule is Cc1ccc(OCCN(C)C2CC(C)OC2=O)cc1. The van der Waals surface area contributed by atoms with E-state index in [1.165, 1.54) is 5.56 Å². The Morgan fingerprint density at radius 3 is 2.63 bits per heavy atom. The maximum Gasteiger partial charge on any atom is 0.323 e. The third-order valence-electron chi connectivity index (χ3n) is 3.41. The summed E-state index contributed by atoms with van der Waals surface area (Å²) in [6.07, 6.45) is 0.790. The zero-order chi connectivity index (χ0) is 13.8. The molecule has 0 radical (unpaired) electrons. The van der Waals surface area contributed by atoms with Gasteiger partial charge in [0.25, 0.3) is 0 Å². The molecule has 2 rings (SSSR count). The summed E-state index contributed by atoms with van der Waals surface area (Å²) in [5.74, 6) is 0.742. The van der Waals surface area contributed by atoms with E-state index in [9.17, 15) is 4.79 Å². The van der Waals surface area contributed by atoms with Gasteiger partial charge >= 0.3 is 5.97 Å². The van der Waals surface area contributed by atoms with Gasteiger partial charge in [-0.2, -0.15) is 0 Å². The third-order valence-corrected chi connectivity index (χ3v) is 3.41. The number of hydrogen-bond acceptors (Lipinski definition) is 4. The number of likely N-dealkylation sites (N-methyl/N-ethyl adjacent to an activating group) is 1. The molecule has 1 aromatic carbocycles. The van der Waals surface area contributed by atoms with Crippen LogP contribution in [0.5, 0.6) is 5.75 Å². The molecule has 1 saturated heterocycles. The normalized spacial score (nSPS) is 22.6. The molecule has 1 heterocycles. The molecule has 0 N–H and O–H groups in total. The predicted octanol–water partition coefficient (Wildman–Crippen LogP) is 2.01. The molecule has 0 bridgehead atoms. The second kappa shape index (κ2) is 6.06. The highest BCUT2D eigenvalue weighted by Gasteiger charge is 2.34. The van der Waals surface area contributed by atoms with Gasteiger partial charge in [0.15, 0.2) is 0 Å². The minimum absolute atomic E-state index is 0.0259. The van der Waals surface area contributed by atoms with Crippen molar-refractivity contribution in [3.05, 3.63) is 29.8 Å². The van der Waals surface area contributed by atoms with E-state index >= 15 is 0 Å². The highest BCUT2D eigenvalue weighted by molar-refractivity contribution is 5.77. The van der Waals surface area contributed by atoms with Gasteiger partial charge in [-0.25, -0.2) is 0 Å². The summed E-state index contributed by atoms with van der Waals surface area (Å²) in [7, 11) is 1.93. The van der Waals surface area contributed by atoms with Crippen LogP contribution in [0.25, 0.3) is 0 Å². The first-order valence-electron chi connectivity index (χ1n) is 6.66. The van der Waals surface area contributed by atoms with Crippen LogP contribution in [0.1, 0.15) is 18.9 Å². The summed E-state index contributed by atoms with van der Waals surface area (Å²) >= 11 is 0. The number of carbonyl (C=O) groups excluding carboxylic acids is 1. The molecule has 0 spiro atoms. The average Bonchev–Trinajstić information content (AvgIpc) is 2.71. The van der Waals surface area contributed by atoms with E-state index in [1.54, 1.807) is 0 Å². The van der Waals surface area contributed by atoms with E-state index in [-0.39, 0.29) is 18.1 Å². The molecule has 104 valence electrons. The second-order valence-corrected chi connectivity index (χ2v) is 5.14. The molecule has 0 aliphatic carbocycles. The lowest BCUT2D eigenvalue weighted by Gasteiger charge is -2.20. The van der Waals surface area contributed by atoms with Crippen LogP contribution in [0.15, 0.2) is 24.3 Å². The van der Waals surface area contributed by atoms with Gasteiger partial charge in [-0.05, 0) is 33.0 Å². The van der Waals surface area contributed by atoms with Gasteiger partial charge < -0.3 is 9.47 Å². The fraction of sp³-hybridized carbons (Fsp3) is 0.533. The molecule has 4 heteroatoms. The Kier molecular flexibility index (Phi) is 4.43. The molecule has 19 heavy (non-hydrogen) atoms. The Labute approximate surface area is 114 Å². The van der Waals surface area contributed by atoms with Crippen molar-refractivity contribution in [2.75, 3.05) is 20.2 Å². The minimum Gasteiger partial charge on any atom is -0.492 e. The topological polar surface area (TPSA) is 38.8 Å². The number of esters is 1. The van der Waals surface area contributed by atoms with Crippen molar-refractivity contribution in [1.29, 1.82) is 0 Å². The molecule has 0 aromatic heterocycles. The lowest BCUT2D eigenvalue weighted by molar-refractivity contribution is -0.144. The van der Waals surface area contributed by atoms with E-state index in [2.05, 4.69) is 0 Å². The van der Waals surface area contributed by atoms with Gasteiger partial charge in [-0.1, -0.05) is 17.7 Å². The zero-order valence-corrected chi connectivity index (χ0v) is 11.8. The highest BCUT2D eigenvalue weighted by atomic mass is 16.6. The average molecular weight is 263 g/mol. The van der Waals surface area contributed by atoms with Gasteiger partial charge in [0.2, 0.25) is 0 Å². The smallest absolute Gasteiger partial charge is 0.323 e. The Bertz CT molecular complexity index is 430. The van der Waals surface area contributed by atoms with Crippen LogP contribution in [0.4, 0.5) is 0 Å². The lowest BCUT2D eigenvalue weighted by atomic mass is 10.1. The van der Waals surface area contributed by atoms with Crippen LogP contribution in [-0.2, 0) is 9.53 Å². The number of carbonyl (C=O) groups is 1. The predicted molar refractivity (Wildman–Crippen MR) is 73.3 cm³/mol. The zero-order valence-electron chi connectivity index (χ0n) is 11.8. The quantitative estimate of drug-likeness (QED) is 0.762. The lowest BCUT2D eigenvalue weighted by Crippen LogP contribution is -2.37. The summed E-state index contributed by atoms with van der Waals surface area (Å²) in [6, 6.07) is 7.84. The number of cyclic esters (lactones) is 1. The fourth-order valence-electron chi connectivity index (χ4n) is 2.19. The van der Waals surface area contributed by atoms with E-state index in [0.29, 0.717) is 13.2 Å². The monoisotopic (exact) mass is 263 g/mol. The third kappa shape index (κ3) is 3.70. The number of rotatable bonds is 5. The second-order valence-electron chi connectivity index (χ2n) is 5.14. The summed E-state index contributed by atoms with van der Waals surface area (Å²) in [4.78, 5) is 13.6. The van der Waals surface area contributed by atoms with Crippen LogP contribution in [0.2, 0.25) is 0 Å². The molecule has 2 unspecified atom stereocenters. The van der Waals surface area contributed by atoms with E-state index in [0.717, 1.165) is 12.2 Å². The molecule has 1 aromatic rings. The molecule has 2 atom stereocenters. The van der Waals surface area contributed by atoms with Gasteiger partial charge in [-0.3, -0.25) is 9.69 Å². The number of ether oxygens (including phenoxy) is 2. The highest BCUT2D eigenvalue weighted by Crippen LogP contribution is 2.18. The molecule has 0 amide bonds. The van der Waals surface area contributed by atoms with Crippen molar-refractivity contribution in [3.63, 3.8) is 0 Å². The van der Waals surface area contributed by atoms with Crippen LogP contribution in [0.3, 0.4) is 0 Å². The van der Waals surface area contributed by atoms with Gasteiger partial charge in [0.1, 0.15) is 24.5 Å². The van der Waals surface area contributed by atoms with Gasteiger partial charge in [-0.15, -0.1) is 0 Å². The molecular weight excluding hydrogens is 242 g/mol. The summed E-state index contributed by atoms with van der Waals surface area (Å²) in [5, 5.41) is 0. The Morgan fingerprint density at radius 1 is 1.37 bits per heavy atom. The molecule has 1 fully saturated rings. The first kappa shape index (κ1) is 13.9. The van der Waals surface area contributed by atoms with Crippen molar-refractivity contribution < 1.29 is 14.3 Å². The number of benzene rings is 1. The Morgan fingerprint density at radius 2 is 2.05 bits per heavy atom. The fourth-order valence-corrected chi connectivity index (χ4v) is 2.19. The molecular formula is C15H21NO3. The van der Waals surface area contributed by atoms with Crippen LogP contribution < -0.4 is 4.74 Å². The van der Waals surface area contributed by atoms with Crippen molar-refractivity contribution in [2.24, 2.45) is 0 Å². The van der Waals surface area contributed by atoms with E-state index < -0.39 is 0 Å². The van der Waals surface area contributed by atoms with Crippen molar-refractivity contribution in [2.45, 2.75) is 32.4 Å². The van der Waals surface area contributed by atoms with Gasteiger partial charge in [0, 0.05) is 13.0 Å². The Hall–Kier alpha value is -1.55. The maximum atomic E-state index is 11.6. The summed E-state index contributed by atoms with van der Waals surface area (Å²) in [5.41, 5.74) is 1.21. The first-order chi connectivity index (χ1) is 9.06. The van der Waals surface area contributed by atoms with E-state index in [1.807, 2.05) is 50.1 Å². The molecule has 1 aliphatic heterocycles. The van der Waals surface area contributed by atoms with Crippen molar-refractivity contribution in [1.82, 2.24) is 4.90 Å². The van der Waals surface area contributed by atoms with Crippen LogP contribution >= 0.6 is 0 Å². The van der Waals surface area contributed by atoms with Crippen molar-refractivity contribution in [3.8, 4) is 5.75 Å². The van der Waals surface area contributed by atoms with E-state index in [4.69, 9.17) is 9.47 Å². The molecule has 4 nitrogen and oxygen atoms in total.